The monoisotopic (exact) mass is 278 g/mol. The lowest BCUT2D eigenvalue weighted by molar-refractivity contribution is -0.104. The zero-order valence-electron chi connectivity index (χ0n) is 12.4. The van der Waals surface area contributed by atoms with Gasteiger partial charge in [-0.05, 0) is 32.3 Å². The number of rotatable bonds is 4. The lowest BCUT2D eigenvalue weighted by Crippen LogP contribution is -2.56. The molecule has 3 heterocycles. The first-order valence-corrected chi connectivity index (χ1v) is 7.84. The molecule has 2 aliphatic heterocycles. The molecule has 1 spiro atoms. The van der Waals surface area contributed by atoms with Gasteiger partial charge in [0.1, 0.15) is 0 Å². The van der Waals surface area contributed by atoms with Gasteiger partial charge >= 0.3 is 0 Å². The first-order valence-electron chi connectivity index (χ1n) is 7.84. The van der Waals surface area contributed by atoms with E-state index in [2.05, 4.69) is 22.2 Å². The summed E-state index contributed by atoms with van der Waals surface area (Å²) in [5, 5.41) is 7.75. The van der Waals surface area contributed by atoms with Crippen LogP contribution in [0.15, 0.2) is 18.5 Å². The van der Waals surface area contributed by atoms with E-state index in [1.165, 1.54) is 0 Å². The Labute approximate surface area is 121 Å². The molecule has 5 heteroatoms. The normalized spacial score (nSPS) is 24.9. The van der Waals surface area contributed by atoms with Crippen LogP contribution < -0.4 is 5.32 Å². The summed E-state index contributed by atoms with van der Waals surface area (Å²) in [4.78, 5) is 2.60. The second-order valence-corrected chi connectivity index (χ2v) is 6.15. The maximum absolute atomic E-state index is 6.05. The lowest BCUT2D eigenvalue weighted by Gasteiger charge is -2.45. The standard InChI is InChI=1S/C15H26N4O/c1-14(3-9-19-8-2-6-17-19)18-10-4-15(5-11-18)13-16-7-12-20-15/h2,6,8,14,16H,3-5,7,9-13H2,1H3/t14-/m1/s1. The maximum Gasteiger partial charge on any atom is 0.0831 e. The molecule has 2 saturated heterocycles. The first kappa shape index (κ1) is 14.0. The van der Waals surface area contributed by atoms with Crippen molar-refractivity contribution in [2.75, 3.05) is 32.8 Å². The van der Waals surface area contributed by atoms with Crippen molar-refractivity contribution in [3.63, 3.8) is 0 Å². The Morgan fingerprint density at radius 1 is 1.40 bits per heavy atom. The van der Waals surface area contributed by atoms with Crippen LogP contribution in [0, 0.1) is 0 Å². The van der Waals surface area contributed by atoms with Crippen molar-refractivity contribution in [3.8, 4) is 0 Å². The second-order valence-electron chi connectivity index (χ2n) is 6.15. The number of morpholine rings is 1. The van der Waals surface area contributed by atoms with Gasteiger partial charge in [-0.15, -0.1) is 0 Å². The van der Waals surface area contributed by atoms with E-state index in [1.807, 2.05) is 23.1 Å². The van der Waals surface area contributed by atoms with Gasteiger partial charge in [-0.3, -0.25) is 4.68 Å². The maximum atomic E-state index is 6.05. The van der Waals surface area contributed by atoms with E-state index in [0.717, 1.165) is 58.6 Å². The number of aromatic nitrogens is 2. The van der Waals surface area contributed by atoms with E-state index in [0.29, 0.717) is 6.04 Å². The quantitative estimate of drug-likeness (QED) is 0.896. The molecule has 0 aromatic carbocycles. The van der Waals surface area contributed by atoms with Crippen LogP contribution in [0.25, 0.3) is 0 Å². The smallest absolute Gasteiger partial charge is 0.0831 e. The molecule has 0 saturated carbocycles. The SMILES string of the molecule is C[C@H](CCn1cccn1)N1CCC2(CC1)CNCCO2. The fourth-order valence-electron chi connectivity index (χ4n) is 3.33. The predicted molar refractivity (Wildman–Crippen MR) is 78.7 cm³/mol. The molecule has 20 heavy (non-hydrogen) atoms. The number of likely N-dealkylation sites (tertiary alicyclic amines) is 1. The van der Waals surface area contributed by atoms with Crippen LogP contribution in [0.5, 0.6) is 0 Å². The number of piperidine rings is 1. The third-order valence-electron chi connectivity index (χ3n) is 4.80. The summed E-state index contributed by atoms with van der Waals surface area (Å²) in [5.41, 5.74) is 0.121. The molecule has 0 bridgehead atoms. The molecule has 112 valence electrons. The van der Waals surface area contributed by atoms with Crippen LogP contribution in [-0.4, -0.2) is 59.1 Å². The van der Waals surface area contributed by atoms with Crippen molar-refractivity contribution in [2.24, 2.45) is 0 Å². The molecular formula is C15H26N4O. The van der Waals surface area contributed by atoms with Gasteiger partial charge in [0.15, 0.2) is 0 Å². The van der Waals surface area contributed by atoms with Crippen LogP contribution in [-0.2, 0) is 11.3 Å². The molecule has 2 fully saturated rings. The molecule has 1 aromatic heterocycles. The van der Waals surface area contributed by atoms with E-state index < -0.39 is 0 Å². The average molecular weight is 278 g/mol. The molecule has 0 unspecified atom stereocenters. The molecule has 0 aliphatic carbocycles. The highest BCUT2D eigenvalue weighted by Crippen LogP contribution is 2.28. The highest BCUT2D eigenvalue weighted by molar-refractivity contribution is 4.92. The van der Waals surface area contributed by atoms with Crippen molar-refractivity contribution >= 4 is 0 Å². The fourth-order valence-corrected chi connectivity index (χ4v) is 3.33. The van der Waals surface area contributed by atoms with E-state index in [1.54, 1.807) is 0 Å². The highest BCUT2D eigenvalue weighted by Gasteiger charge is 2.37. The lowest BCUT2D eigenvalue weighted by atomic mass is 9.89. The topological polar surface area (TPSA) is 42.3 Å². The van der Waals surface area contributed by atoms with Crippen LogP contribution in [0.1, 0.15) is 26.2 Å². The van der Waals surface area contributed by atoms with Gasteiger partial charge in [0.2, 0.25) is 0 Å². The van der Waals surface area contributed by atoms with Crippen LogP contribution in [0.4, 0.5) is 0 Å². The zero-order chi connectivity index (χ0) is 13.8. The van der Waals surface area contributed by atoms with Gasteiger partial charge < -0.3 is 15.0 Å². The summed E-state index contributed by atoms with van der Waals surface area (Å²) < 4.78 is 8.07. The van der Waals surface area contributed by atoms with E-state index in [-0.39, 0.29) is 5.60 Å². The third-order valence-corrected chi connectivity index (χ3v) is 4.80. The van der Waals surface area contributed by atoms with E-state index in [9.17, 15) is 0 Å². The summed E-state index contributed by atoms with van der Waals surface area (Å²) in [5.74, 6) is 0. The predicted octanol–water partition coefficient (Wildman–Crippen LogP) is 1.12. The van der Waals surface area contributed by atoms with Gasteiger partial charge in [-0.2, -0.15) is 5.10 Å². The molecule has 0 amide bonds. The van der Waals surface area contributed by atoms with Crippen molar-refractivity contribution in [1.29, 1.82) is 0 Å². The Bertz CT molecular complexity index is 390. The largest absolute Gasteiger partial charge is 0.372 e. The third kappa shape index (κ3) is 3.22. The Morgan fingerprint density at radius 2 is 2.25 bits per heavy atom. The number of nitrogens with one attached hydrogen (secondary N) is 1. The highest BCUT2D eigenvalue weighted by atomic mass is 16.5. The van der Waals surface area contributed by atoms with Gasteiger partial charge in [-0.25, -0.2) is 0 Å². The van der Waals surface area contributed by atoms with Crippen molar-refractivity contribution < 1.29 is 4.74 Å². The number of nitrogens with zero attached hydrogens (tertiary/aromatic N) is 3. The van der Waals surface area contributed by atoms with Gasteiger partial charge in [0.05, 0.1) is 12.2 Å². The van der Waals surface area contributed by atoms with Gasteiger partial charge in [0.25, 0.3) is 0 Å². The summed E-state index contributed by atoms with van der Waals surface area (Å²) in [6.07, 6.45) is 7.37. The van der Waals surface area contributed by atoms with Crippen LogP contribution in [0.3, 0.4) is 0 Å². The molecule has 1 N–H and O–H groups in total. The molecule has 3 rings (SSSR count). The van der Waals surface area contributed by atoms with Crippen molar-refractivity contribution in [1.82, 2.24) is 20.0 Å². The van der Waals surface area contributed by atoms with Gasteiger partial charge in [0, 0.05) is 51.2 Å². The number of hydrogen-bond acceptors (Lipinski definition) is 4. The Morgan fingerprint density at radius 3 is 2.90 bits per heavy atom. The summed E-state index contributed by atoms with van der Waals surface area (Å²) >= 11 is 0. The minimum Gasteiger partial charge on any atom is -0.372 e. The summed E-state index contributed by atoms with van der Waals surface area (Å²) in [6, 6.07) is 2.61. The Balaban J connectivity index is 1.45. The van der Waals surface area contributed by atoms with Crippen molar-refractivity contribution in [2.45, 2.75) is 44.4 Å². The zero-order valence-corrected chi connectivity index (χ0v) is 12.4. The number of ether oxygens (including phenoxy) is 1. The summed E-state index contributed by atoms with van der Waals surface area (Å²) in [6.45, 7) is 8.56. The fraction of sp³-hybridized carbons (Fsp3) is 0.800. The van der Waals surface area contributed by atoms with Gasteiger partial charge in [-0.1, -0.05) is 0 Å². The molecule has 0 radical (unpaired) electrons. The van der Waals surface area contributed by atoms with Crippen molar-refractivity contribution in [3.05, 3.63) is 18.5 Å². The minimum atomic E-state index is 0.121. The number of aryl methyl sites for hydroxylation is 1. The molecule has 2 aliphatic rings. The first-order chi connectivity index (χ1) is 9.77. The van der Waals surface area contributed by atoms with Crippen LogP contribution in [0.2, 0.25) is 0 Å². The Kier molecular flexibility index (Phi) is 4.38. The van der Waals surface area contributed by atoms with E-state index >= 15 is 0 Å². The van der Waals surface area contributed by atoms with E-state index in [4.69, 9.17) is 4.74 Å². The molecular weight excluding hydrogens is 252 g/mol. The minimum absolute atomic E-state index is 0.121. The molecule has 5 nitrogen and oxygen atoms in total. The Hall–Kier alpha value is -0.910. The second kappa shape index (κ2) is 6.24. The molecule has 1 atom stereocenters. The molecule has 1 aromatic rings. The summed E-state index contributed by atoms with van der Waals surface area (Å²) in [7, 11) is 0. The van der Waals surface area contributed by atoms with Crippen LogP contribution >= 0.6 is 0 Å². The number of hydrogen-bond donors (Lipinski definition) is 1. The average Bonchev–Trinajstić information content (AvgIpc) is 3.00.